The molecule has 0 aromatic carbocycles. The summed E-state index contributed by atoms with van der Waals surface area (Å²) in [5.41, 5.74) is 0. The third-order valence-electron chi connectivity index (χ3n) is 4.21. The maximum Gasteiger partial charge on any atom is 0.250 e. The molecule has 27 heavy (non-hydrogen) atoms. The van der Waals surface area contributed by atoms with Crippen LogP contribution in [-0.2, 0) is 10.0 Å². The number of thiophene rings is 1. The molecule has 2 heterocycles. The second kappa shape index (κ2) is 12.4. The van der Waals surface area contributed by atoms with Gasteiger partial charge in [-0.05, 0) is 37.9 Å². The molecular weight excluding hydrogens is 521 g/mol. The lowest BCUT2D eigenvalue weighted by Gasteiger charge is -2.32. The molecule has 0 atom stereocenters. The van der Waals surface area contributed by atoms with Crippen molar-refractivity contribution < 1.29 is 8.42 Å². The molecule has 2 rings (SSSR count). The van der Waals surface area contributed by atoms with E-state index in [9.17, 15) is 8.42 Å². The number of nitrogens with zero attached hydrogens (tertiary/aromatic N) is 2. The Morgan fingerprint density at radius 1 is 1.33 bits per heavy atom. The van der Waals surface area contributed by atoms with Gasteiger partial charge in [-0.3, -0.25) is 4.99 Å². The van der Waals surface area contributed by atoms with Crippen molar-refractivity contribution in [2.75, 3.05) is 39.8 Å². The van der Waals surface area contributed by atoms with E-state index in [2.05, 4.69) is 32.2 Å². The summed E-state index contributed by atoms with van der Waals surface area (Å²) in [6, 6.07) is 3.49. The van der Waals surface area contributed by atoms with Gasteiger partial charge in [0.05, 0.1) is 4.34 Å². The van der Waals surface area contributed by atoms with Gasteiger partial charge in [-0.15, -0.1) is 35.3 Å². The first-order valence-corrected chi connectivity index (χ1v) is 11.6. The number of nitrogens with one attached hydrogen (secondary N) is 3. The van der Waals surface area contributed by atoms with Crippen molar-refractivity contribution in [1.82, 2.24) is 20.3 Å². The summed E-state index contributed by atoms with van der Waals surface area (Å²) >= 11 is 6.84. The summed E-state index contributed by atoms with van der Waals surface area (Å²) in [7, 11) is -1.78. The molecule has 1 aliphatic rings. The van der Waals surface area contributed by atoms with E-state index in [4.69, 9.17) is 11.6 Å². The third-order valence-corrected chi connectivity index (χ3v) is 7.40. The van der Waals surface area contributed by atoms with Crippen LogP contribution in [0.3, 0.4) is 0 Å². The van der Waals surface area contributed by atoms with Crippen LogP contribution in [0.4, 0.5) is 0 Å². The Balaban J connectivity index is 0.00000364. The molecule has 0 amide bonds. The lowest BCUT2D eigenvalue weighted by molar-refractivity contribution is 0.206. The predicted octanol–water partition coefficient (Wildman–Crippen LogP) is 2.34. The van der Waals surface area contributed by atoms with Crippen molar-refractivity contribution in [3.63, 3.8) is 0 Å². The molecule has 0 saturated carbocycles. The summed E-state index contributed by atoms with van der Waals surface area (Å²) in [4.78, 5) is 6.71. The quantitative estimate of drug-likeness (QED) is 0.201. The minimum Gasteiger partial charge on any atom is -0.355 e. The number of hydrogen-bond donors (Lipinski definition) is 3. The first-order chi connectivity index (χ1) is 12.4. The van der Waals surface area contributed by atoms with Crippen LogP contribution in [0.2, 0.25) is 4.34 Å². The fourth-order valence-electron chi connectivity index (χ4n) is 2.88. The zero-order valence-electron chi connectivity index (χ0n) is 15.7. The summed E-state index contributed by atoms with van der Waals surface area (Å²) < 4.78 is 27.5. The third kappa shape index (κ3) is 8.40. The molecule has 156 valence electrons. The number of guanidine groups is 1. The number of hydrogen-bond acceptors (Lipinski definition) is 5. The van der Waals surface area contributed by atoms with Crippen LogP contribution in [-0.4, -0.2) is 65.1 Å². The maximum atomic E-state index is 12.1. The van der Waals surface area contributed by atoms with E-state index in [1.54, 1.807) is 13.1 Å². The number of sulfonamides is 1. The van der Waals surface area contributed by atoms with E-state index in [1.807, 2.05) is 0 Å². The highest BCUT2D eigenvalue weighted by atomic mass is 127. The van der Waals surface area contributed by atoms with E-state index in [0.717, 1.165) is 43.8 Å². The summed E-state index contributed by atoms with van der Waals surface area (Å²) in [5, 5.41) is 6.58. The highest BCUT2D eigenvalue weighted by molar-refractivity contribution is 14.0. The fourth-order valence-corrected chi connectivity index (χ4v) is 5.44. The average molecular weight is 550 g/mol. The highest BCUT2D eigenvalue weighted by Gasteiger charge is 2.19. The van der Waals surface area contributed by atoms with Crippen molar-refractivity contribution in [2.45, 2.75) is 36.4 Å². The van der Waals surface area contributed by atoms with Gasteiger partial charge < -0.3 is 15.5 Å². The van der Waals surface area contributed by atoms with Crippen molar-refractivity contribution in [3.05, 3.63) is 16.5 Å². The van der Waals surface area contributed by atoms with Gasteiger partial charge in [0.1, 0.15) is 4.21 Å². The van der Waals surface area contributed by atoms with Crippen LogP contribution in [0.15, 0.2) is 21.3 Å². The zero-order chi connectivity index (χ0) is 19.0. The largest absolute Gasteiger partial charge is 0.355 e. The minimum atomic E-state index is -3.50. The Labute approximate surface area is 188 Å². The van der Waals surface area contributed by atoms with Crippen molar-refractivity contribution in [2.24, 2.45) is 4.99 Å². The van der Waals surface area contributed by atoms with Gasteiger partial charge >= 0.3 is 0 Å². The number of likely N-dealkylation sites (tertiary alicyclic amines) is 1. The topological polar surface area (TPSA) is 85.8 Å². The van der Waals surface area contributed by atoms with Gasteiger partial charge in [-0.2, -0.15) is 0 Å². The molecule has 1 aromatic heterocycles. The molecule has 7 nitrogen and oxygen atoms in total. The van der Waals surface area contributed by atoms with Crippen LogP contribution < -0.4 is 15.4 Å². The number of rotatable bonds is 8. The van der Waals surface area contributed by atoms with Crippen LogP contribution in [0.25, 0.3) is 0 Å². The monoisotopic (exact) mass is 549 g/mol. The normalized spacial score (nSPS) is 16.8. The van der Waals surface area contributed by atoms with E-state index >= 15 is 0 Å². The standard InChI is InChI=1S/C16H28ClN5O2S2.HI/c1-3-10-22-11-6-13(7-12-22)21-16(18-2)19-8-9-20-26(23,24)15-5-4-14(17)25-15;/h4-5,13,20H,3,6-12H2,1-2H3,(H2,18,19,21);1H. The Morgan fingerprint density at radius 3 is 2.59 bits per heavy atom. The molecule has 0 radical (unpaired) electrons. The molecule has 0 bridgehead atoms. The lowest BCUT2D eigenvalue weighted by atomic mass is 10.1. The average Bonchev–Trinajstić information content (AvgIpc) is 3.07. The van der Waals surface area contributed by atoms with E-state index < -0.39 is 10.0 Å². The lowest BCUT2D eigenvalue weighted by Crippen LogP contribution is -2.49. The maximum absolute atomic E-state index is 12.1. The summed E-state index contributed by atoms with van der Waals surface area (Å²) in [6.45, 7) is 6.30. The molecule has 1 aliphatic heterocycles. The number of piperidine rings is 1. The van der Waals surface area contributed by atoms with Crippen molar-refractivity contribution >= 4 is 62.9 Å². The molecule has 1 fully saturated rings. The van der Waals surface area contributed by atoms with E-state index in [-0.39, 0.29) is 34.7 Å². The van der Waals surface area contributed by atoms with Crippen LogP contribution in [0.1, 0.15) is 26.2 Å². The highest BCUT2D eigenvalue weighted by Crippen LogP contribution is 2.25. The molecule has 0 unspecified atom stereocenters. The van der Waals surface area contributed by atoms with Crippen LogP contribution in [0.5, 0.6) is 0 Å². The molecular formula is C16H29ClIN5O2S2. The Hall–Kier alpha value is -0.140. The van der Waals surface area contributed by atoms with Gasteiger partial charge in [0.15, 0.2) is 5.96 Å². The van der Waals surface area contributed by atoms with Gasteiger partial charge in [0.25, 0.3) is 0 Å². The van der Waals surface area contributed by atoms with E-state index in [0.29, 0.717) is 22.9 Å². The van der Waals surface area contributed by atoms with Crippen molar-refractivity contribution in [3.8, 4) is 0 Å². The summed E-state index contributed by atoms with van der Waals surface area (Å²) in [6.07, 6.45) is 3.37. The molecule has 0 aliphatic carbocycles. The minimum absolute atomic E-state index is 0. The molecule has 3 N–H and O–H groups in total. The number of halogens is 2. The van der Waals surface area contributed by atoms with Crippen molar-refractivity contribution in [1.29, 1.82) is 0 Å². The zero-order valence-corrected chi connectivity index (χ0v) is 20.4. The first kappa shape index (κ1) is 24.9. The van der Waals surface area contributed by atoms with Gasteiger partial charge in [-0.25, -0.2) is 13.1 Å². The molecule has 11 heteroatoms. The van der Waals surface area contributed by atoms with Gasteiger partial charge in [0.2, 0.25) is 10.0 Å². The molecule has 1 saturated heterocycles. The smallest absolute Gasteiger partial charge is 0.250 e. The molecule has 1 aromatic rings. The van der Waals surface area contributed by atoms with E-state index in [1.165, 1.54) is 12.5 Å². The Kier molecular flexibility index (Phi) is 11.5. The Bertz CT molecular complexity index is 691. The number of aliphatic imine (C=N–C) groups is 1. The SMILES string of the molecule is CCCN1CCC(NC(=NC)NCCNS(=O)(=O)c2ccc(Cl)s2)CC1.I. The summed E-state index contributed by atoms with van der Waals surface area (Å²) in [5.74, 6) is 0.706. The van der Waals surface area contributed by atoms with Gasteiger partial charge in [-0.1, -0.05) is 18.5 Å². The van der Waals surface area contributed by atoms with Crippen LogP contribution in [0, 0.1) is 0 Å². The second-order valence-corrected chi connectivity index (χ2v) is 9.92. The van der Waals surface area contributed by atoms with Crippen LogP contribution >= 0.6 is 46.9 Å². The first-order valence-electron chi connectivity index (χ1n) is 8.89. The fraction of sp³-hybridized carbons (Fsp3) is 0.688. The van der Waals surface area contributed by atoms with Gasteiger partial charge in [0, 0.05) is 39.3 Å². The predicted molar refractivity (Wildman–Crippen MR) is 124 cm³/mol. The Morgan fingerprint density at radius 2 is 2.04 bits per heavy atom. The second-order valence-electron chi connectivity index (χ2n) is 6.22. The molecule has 0 spiro atoms.